The Bertz CT molecular complexity index is 713. The molecule has 2 saturated carbocycles. The lowest BCUT2D eigenvalue weighted by Crippen LogP contribution is -2.40. The molecule has 0 radical (unpaired) electrons. The van der Waals surface area contributed by atoms with E-state index in [1.165, 1.54) is 25.7 Å². The normalized spacial score (nSPS) is 17.7. The molecular formula is C17H18ClN3O. The summed E-state index contributed by atoms with van der Waals surface area (Å²) in [4.78, 5) is 16.6. The first-order valence-corrected chi connectivity index (χ1v) is 8.21. The van der Waals surface area contributed by atoms with E-state index in [2.05, 4.69) is 15.6 Å². The number of urea groups is 1. The molecule has 1 aromatic carbocycles. The fourth-order valence-electron chi connectivity index (χ4n) is 3.09. The Balaban J connectivity index is 1.53. The van der Waals surface area contributed by atoms with Gasteiger partial charge in [0.2, 0.25) is 0 Å². The van der Waals surface area contributed by atoms with E-state index in [1.54, 1.807) is 12.3 Å². The molecule has 0 atom stereocenters. The van der Waals surface area contributed by atoms with Gasteiger partial charge in [-0.05, 0) is 61.8 Å². The van der Waals surface area contributed by atoms with Crippen molar-refractivity contribution in [1.82, 2.24) is 10.3 Å². The number of aromatic nitrogens is 1. The zero-order valence-corrected chi connectivity index (χ0v) is 12.9. The van der Waals surface area contributed by atoms with Gasteiger partial charge in [0.15, 0.2) is 0 Å². The number of halogens is 1. The number of rotatable bonds is 4. The second-order valence-electron chi connectivity index (χ2n) is 6.29. The van der Waals surface area contributed by atoms with Crippen LogP contribution >= 0.6 is 11.6 Å². The van der Waals surface area contributed by atoms with Crippen LogP contribution in [0.5, 0.6) is 0 Å². The van der Waals surface area contributed by atoms with Crippen molar-refractivity contribution in [3.63, 3.8) is 0 Å². The van der Waals surface area contributed by atoms with E-state index in [-0.39, 0.29) is 6.03 Å². The van der Waals surface area contributed by atoms with Gasteiger partial charge >= 0.3 is 6.03 Å². The predicted octanol–water partition coefficient (Wildman–Crippen LogP) is 4.20. The maximum atomic E-state index is 12.3. The molecule has 2 aliphatic carbocycles. The smallest absolute Gasteiger partial charge is 0.319 e. The van der Waals surface area contributed by atoms with Gasteiger partial charge < -0.3 is 10.6 Å². The fourth-order valence-corrected chi connectivity index (χ4v) is 3.30. The summed E-state index contributed by atoms with van der Waals surface area (Å²) in [5.41, 5.74) is 1.46. The summed E-state index contributed by atoms with van der Waals surface area (Å²) in [6, 6.07) is 7.58. The zero-order chi connectivity index (χ0) is 15.1. The minimum absolute atomic E-state index is 0.128. The van der Waals surface area contributed by atoms with Crippen LogP contribution in [0.3, 0.4) is 0 Å². The number of hydrogen-bond acceptors (Lipinski definition) is 2. The monoisotopic (exact) mass is 315 g/mol. The molecule has 4 rings (SSSR count). The number of carbonyl (C=O) groups is 1. The highest BCUT2D eigenvalue weighted by Crippen LogP contribution is 2.44. The molecule has 0 spiro atoms. The van der Waals surface area contributed by atoms with Crippen LogP contribution in [0.15, 0.2) is 30.5 Å². The molecule has 2 N–H and O–H groups in total. The van der Waals surface area contributed by atoms with Crippen molar-refractivity contribution < 1.29 is 4.79 Å². The third kappa shape index (κ3) is 2.75. The van der Waals surface area contributed by atoms with Crippen molar-refractivity contribution in [2.24, 2.45) is 11.8 Å². The van der Waals surface area contributed by atoms with Crippen LogP contribution in [-0.4, -0.2) is 17.1 Å². The van der Waals surface area contributed by atoms with Crippen LogP contribution in [0.25, 0.3) is 10.9 Å². The van der Waals surface area contributed by atoms with Crippen LogP contribution in [0.2, 0.25) is 5.02 Å². The van der Waals surface area contributed by atoms with Crippen LogP contribution in [0, 0.1) is 11.8 Å². The number of fused-ring (bicyclic) bond motifs is 1. The Hall–Kier alpha value is -1.81. The number of hydrogen-bond donors (Lipinski definition) is 2. The molecule has 5 heteroatoms. The van der Waals surface area contributed by atoms with Gasteiger partial charge in [0.1, 0.15) is 0 Å². The van der Waals surface area contributed by atoms with Crippen molar-refractivity contribution in [1.29, 1.82) is 0 Å². The number of nitrogens with zero attached hydrogens (tertiary/aromatic N) is 1. The van der Waals surface area contributed by atoms with Crippen molar-refractivity contribution in [2.75, 3.05) is 5.32 Å². The van der Waals surface area contributed by atoms with Crippen molar-refractivity contribution >= 4 is 34.2 Å². The molecule has 0 unspecified atom stereocenters. The summed E-state index contributed by atoms with van der Waals surface area (Å²) in [6.07, 6.45) is 6.68. The number of anilines is 1. The molecule has 2 aromatic rings. The van der Waals surface area contributed by atoms with Crippen LogP contribution in [0.1, 0.15) is 25.7 Å². The first kappa shape index (κ1) is 13.8. The Labute approximate surface area is 134 Å². The lowest BCUT2D eigenvalue weighted by atomic mass is 10.1. The topological polar surface area (TPSA) is 54.0 Å². The Kier molecular flexibility index (Phi) is 3.41. The number of benzene rings is 1. The van der Waals surface area contributed by atoms with Gasteiger partial charge in [0.05, 0.1) is 16.2 Å². The molecule has 1 heterocycles. The summed E-state index contributed by atoms with van der Waals surface area (Å²) in [6.45, 7) is 0. The molecule has 22 heavy (non-hydrogen) atoms. The molecule has 1 aromatic heterocycles. The maximum Gasteiger partial charge on any atom is 0.319 e. The summed E-state index contributed by atoms with van der Waals surface area (Å²) < 4.78 is 0. The molecule has 114 valence electrons. The maximum absolute atomic E-state index is 12.3. The average Bonchev–Trinajstić information content (AvgIpc) is 3.40. The van der Waals surface area contributed by atoms with Crippen LogP contribution in [-0.2, 0) is 0 Å². The number of nitrogens with one attached hydrogen (secondary N) is 2. The van der Waals surface area contributed by atoms with E-state index in [4.69, 9.17) is 11.6 Å². The lowest BCUT2D eigenvalue weighted by Gasteiger charge is -2.18. The van der Waals surface area contributed by atoms with E-state index < -0.39 is 0 Å². The van der Waals surface area contributed by atoms with E-state index in [0.29, 0.717) is 28.4 Å². The third-order valence-corrected chi connectivity index (χ3v) is 4.83. The first-order valence-electron chi connectivity index (χ1n) is 7.83. The molecule has 2 fully saturated rings. The van der Waals surface area contributed by atoms with E-state index >= 15 is 0 Å². The number of pyridine rings is 1. The standard InChI is InChI=1S/C17H18ClN3O/c18-13-7-8-14(12-2-1-9-19-16(12)13)20-17(22)21-15(10-3-4-10)11-5-6-11/h1-2,7-11,15H,3-6H2,(H2,20,21,22). The summed E-state index contributed by atoms with van der Waals surface area (Å²) >= 11 is 6.16. The average molecular weight is 316 g/mol. The van der Waals surface area contributed by atoms with Gasteiger partial charge in [-0.15, -0.1) is 0 Å². The third-order valence-electron chi connectivity index (χ3n) is 4.53. The Morgan fingerprint density at radius 2 is 1.91 bits per heavy atom. The van der Waals surface area contributed by atoms with Crippen molar-refractivity contribution in [2.45, 2.75) is 31.7 Å². The van der Waals surface area contributed by atoms with Gasteiger partial charge in [-0.25, -0.2) is 4.79 Å². The number of carbonyl (C=O) groups excluding carboxylic acids is 1. The summed E-state index contributed by atoms with van der Waals surface area (Å²) in [5.74, 6) is 1.36. The molecule has 0 aliphatic heterocycles. The SMILES string of the molecule is O=C(Nc1ccc(Cl)c2ncccc12)NC(C1CC1)C1CC1. The quantitative estimate of drug-likeness (QED) is 0.888. The van der Waals surface area contributed by atoms with Gasteiger partial charge in [0.25, 0.3) is 0 Å². The van der Waals surface area contributed by atoms with Crippen LogP contribution < -0.4 is 10.6 Å². The van der Waals surface area contributed by atoms with Gasteiger partial charge in [0, 0.05) is 17.6 Å². The fraction of sp³-hybridized carbons (Fsp3) is 0.412. The molecule has 0 bridgehead atoms. The molecule has 2 amide bonds. The minimum Gasteiger partial charge on any atom is -0.335 e. The summed E-state index contributed by atoms with van der Waals surface area (Å²) in [7, 11) is 0. The van der Waals surface area contributed by atoms with Gasteiger partial charge in [-0.3, -0.25) is 4.98 Å². The minimum atomic E-state index is -0.128. The second kappa shape index (κ2) is 5.43. The predicted molar refractivity (Wildman–Crippen MR) is 88.1 cm³/mol. The molecule has 0 saturated heterocycles. The highest BCUT2D eigenvalue weighted by atomic mass is 35.5. The molecule has 2 aliphatic rings. The molecule has 4 nitrogen and oxygen atoms in total. The van der Waals surface area contributed by atoms with E-state index in [0.717, 1.165) is 11.1 Å². The highest BCUT2D eigenvalue weighted by molar-refractivity contribution is 6.35. The van der Waals surface area contributed by atoms with Crippen LogP contribution in [0.4, 0.5) is 10.5 Å². The first-order chi connectivity index (χ1) is 10.7. The van der Waals surface area contributed by atoms with Crippen molar-refractivity contribution in [3.8, 4) is 0 Å². The van der Waals surface area contributed by atoms with Crippen molar-refractivity contribution in [3.05, 3.63) is 35.5 Å². The largest absolute Gasteiger partial charge is 0.335 e. The van der Waals surface area contributed by atoms with Gasteiger partial charge in [-0.2, -0.15) is 0 Å². The molecular weight excluding hydrogens is 298 g/mol. The second-order valence-corrected chi connectivity index (χ2v) is 6.70. The summed E-state index contributed by atoms with van der Waals surface area (Å²) in [5, 5.41) is 7.58. The van der Waals surface area contributed by atoms with E-state index in [1.807, 2.05) is 18.2 Å². The Morgan fingerprint density at radius 3 is 2.59 bits per heavy atom. The zero-order valence-electron chi connectivity index (χ0n) is 12.2. The van der Waals surface area contributed by atoms with E-state index in [9.17, 15) is 4.79 Å². The van der Waals surface area contributed by atoms with Gasteiger partial charge in [-0.1, -0.05) is 11.6 Å². The lowest BCUT2D eigenvalue weighted by molar-refractivity contribution is 0.245. The highest BCUT2D eigenvalue weighted by Gasteiger charge is 2.42. The number of amides is 2. The Morgan fingerprint density at radius 1 is 1.18 bits per heavy atom.